The molecule has 0 saturated carbocycles. The van der Waals surface area contributed by atoms with Crippen LogP contribution in [0, 0.1) is 0 Å². The molecule has 0 aliphatic carbocycles. The SMILES string of the molecule is C[C@@H](c1ccccc1)n1c(C(=O)c2ccccc2)nc2ccccc21. The summed E-state index contributed by atoms with van der Waals surface area (Å²) in [4.78, 5) is 17.7. The highest BCUT2D eigenvalue weighted by atomic mass is 16.1. The molecule has 0 unspecified atom stereocenters. The summed E-state index contributed by atoms with van der Waals surface area (Å²) in [6.07, 6.45) is 0. The molecule has 0 radical (unpaired) electrons. The summed E-state index contributed by atoms with van der Waals surface area (Å²) >= 11 is 0. The number of aromatic nitrogens is 2. The second-order valence-electron chi connectivity index (χ2n) is 6.08. The molecule has 4 aromatic rings. The van der Waals surface area contributed by atoms with Crippen molar-refractivity contribution >= 4 is 16.8 Å². The Balaban J connectivity index is 1.91. The van der Waals surface area contributed by atoms with Crippen molar-refractivity contribution in [1.29, 1.82) is 0 Å². The van der Waals surface area contributed by atoms with Crippen LogP contribution in [-0.4, -0.2) is 15.3 Å². The van der Waals surface area contributed by atoms with Gasteiger partial charge < -0.3 is 4.57 Å². The molecule has 0 bridgehead atoms. The average Bonchev–Trinajstić information content (AvgIpc) is 3.07. The minimum absolute atomic E-state index is 0.0104. The largest absolute Gasteiger partial charge is 0.314 e. The Morgan fingerprint density at radius 3 is 2.16 bits per heavy atom. The van der Waals surface area contributed by atoms with Crippen LogP contribution >= 0.6 is 0 Å². The number of rotatable bonds is 4. The Morgan fingerprint density at radius 1 is 0.840 bits per heavy atom. The zero-order chi connectivity index (χ0) is 17.2. The van der Waals surface area contributed by atoms with E-state index in [0.29, 0.717) is 11.4 Å². The van der Waals surface area contributed by atoms with Crippen molar-refractivity contribution in [3.8, 4) is 0 Å². The number of nitrogens with zero attached hydrogens (tertiary/aromatic N) is 2. The van der Waals surface area contributed by atoms with Crippen LogP contribution in [0.4, 0.5) is 0 Å². The highest BCUT2D eigenvalue weighted by Gasteiger charge is 2.22. The Labute approximate surface area is 146 Å². The van der Waals surface area contributed by atoms with Gasteiger partial charge in [-0.25, -0.2) is 4.98 Å². The summed E-state index contributed by atoms with van der Waals surface area (Å²) < 4.78 is 2.04. The highest BCUT2D eigenvalue weighted by Crippen LogP contribution is 2.27. The highest BCUT2D eigenvalue weighted by molar-refractivity contribution is 6.08. The summed E-state index contributed by atoms with van der Waals surface area (Å²) in [7, 11) is 0. The fourth-order valence-electron chi connectivity index (χ4n) is 3.20. The molecular formula is C22H18N2O. The lowest BCUT2D eigenvalue weighted by Gasteiger charge is -2.17. The van der Waals surface area contributed by atoms with E-state index in [1.165, 1.54) is 0 Å². The standard InChI is InChI=1S/C22H18N2O/c1-16(17-10-4-2-5-11-17)24-20-15-9-8-14-19(20)23-22(24)21(25)18-12-6-3-7-13-18/h2-16H,1H3/t16-/m0/s1. The minimum atomic E-state index is -0.0559. The molecule has 1 aromatic heterocycles. The molecule has 3 aromatic carbocycles. The van der Waals surface area contributed by atoms with Gasteiger partial charge in [-0.1, -0.05) is 72.8 Å². The number of imidazole rings is 1. The second-order valence-corrected chi connectivity index (χ2v) is 6.08. The number of benzene rings is 3. The smallest absolute Gasteiger partial charge is 0.228 e. The van der Waals surface area contributed by atoms with E-state index < -0.39 is 0 Å². The topological polar surface area (TPSA) is 34.9 Å². The summed E-state index contributed by atoms with van der Waals surface area (Å²) in [5.74, 6) is 0.420. The zero-order valence-corrected chi connectivity index (χ0v) is 14.0. The lowest BCUT2D eigenvalue weighted by molar-refractivity contribution is 0.102. The maximum atomic E-state index is 13.1. The maximum absolute atomic E-state index is 13.1. The first kappa shape index (κ1) is 15.3. The lowest BCUT2D eigenvalue weighted by atomic mass is 10.1. The summed E-state index contributed by atoms with van der Waals surface area (Å²) in [6.45, 7) is 2.10. The van der Waals surface area contributed by atoms with Crippen molar-refractivity contribution in [2.45, 2.75) is 13.0 Å². The third-order valence-electron chi connectivity index (χ3n) is 4.50. The van der Waals surface area contributed by atoms with Gasteiger partial charge in [0.05, 0.1) is 17.1 Å². The summed E-state index contributed by atoms with van der Waals surface area (Å²) in [5, 5.41) is 0. The van der Waals surface area contributed by atoms with Gasteiger partial charge in [-0.3, -0.25) is 4.79 Å². The molecule has 122 valence electrons. The number of fused-ring (bicyclic) bond motifs is 1. The average molecular weight is 326 g/mol. The third kappa shape index (κ3) is 2.74. The van der Waals surface area contributed by atoms with Crippen LogP contribution < -0.4 is 0 Å². The number of carbonyl (C=O) groups excluding carboxylic acids is 1. The van der Waals surface area contributed by atoms with Crippen molar-refractivity contribution in [2.24, 2.45) is 0 Å². The first-order valence-electron chi connectivity index (χ1n) is 8.37. The molecule has 0 aliphatic heterocycles. The number of para-hydroxylation sites is 2. The minimum Gasteiger partial charge on any atom is -0.314 e. The number of hydrogen-bond donors (Lipinski definition) is 0. The van der Waals surface area contributed by atoms with Crippen LogP contribution in [0.1, 0.15) is 34.7 Å². The molecule has 0 fully saturated rings. The molecular weight excluding hydrogens is 308 g/mol. The molecule has 1 atom stereocenters. The lowest BCUT2D eigenvalue weighted by Crippen LogP contribution is -2.15. The molecule has 0 aliphatic rings. The quantitative estimate of drug-likeness (QED) is 0.501. The first-order valence-corrected chi connectivity index (χ1v) is 8.37. The summed E-state index contributed by atoms with van der Waals surface area (Å²) in [5.41, 5.74) is 3.61. The van der Waals surface area contributed by atoms with Crippen LogP contribution in [0.3, 0.4) is 0 Å². The molecule has 0 N–H and O–H groups in total. The van der Waals surface area contributed by atoms with Crippen LogP contribution in [0.5, 0.6) is 0 Å². The summed E-state index contributed by atoms with van der Waals surface area (Å²) in [6, 6.07) is 27.4. The first-order chi connectivity index (χ1) is 12.3. The van der Waals surface area contributed by atoms with Gasteiger partial charge in [0.25, 0.3) is 0 Å². The van der Waals surface area contributed by atoms with E-state index in [1.807, 2.05) is 77.4 Å². The van der Waals surface area contributed by atoms with E-state index in [4.69, 9.17) is 0 Å². The molecule has 25 heavy (non-hydrogen) atoms. The van der Waals surface area contributed by atoms with Gasteiger partial charge >= 0.3 is 0 Å². The zero-order valence-electron chi connectivity index (χ0n) is 14.0. The van der Waals surface area contributed by atoms with Gasteiger partial charge in [-0.2, -0.15) is 0 Å². The van der Waals surface area contributed by atoms with Crippen molar-refractivity contribution in [3.63, 3.8) is 0 Å². The Bertz CT molecular complexity index is 1020. The van der Waals surface area contributed by atoms with Crippen LogP contribution in [0.15, 0.2) is 84.9 Å². The van der Waals surface area contributed by atoms with E-state index in [1.54, 1.807) is 0 Å². The van der Waals surface area contributed by atoms with Gasteiger partial charge in [0.15, 0.2) is 5.82 Å². The number of carbonyl (C=O) groups is 1. The molecule has 3 nitrogen and oxygen atoms in total. The predicted octanol–water partition coefficient (Wildman–Crippen LogP) is 4.88. The van der Waals surface area contributed by atoms with E-state index in [2.05, 4.69) is 24.0 Å². The molecule has 0 saturated heterocycles. The van der Waals surface area contributed by atoms with E-state index in [0.717, 1.165) is 16.6 Å². The van der Waals surface area contributed by atoms with Crippen LogP contribution in [-0.2, 0) is 0 Å². The van der Waals surface area contributed by atoms with E-state index in [-0.39, 0.29) is 11.8 Å². The van der Waals surface area contributed by atoms with Gasteiger partial charge in [0.1, 0.15) is 0 Å². The molecule has 4 rings (SSSR count). The molecule has 0 spiro atoms. The van der Waals surface area contributed by atoms with Crippen molar-refractivity contribution < 1.29 is 4.79 Å². The predicted molar refractivity (Wildman–Crippen MR) is 99.9 cm³/mol. The van der Waals surface area contributed by atoms with Gasteiger partial charge in [-0.05, 0) is 24.6 Å². The molecule has 3 heteroatoms. The number of ketones is 1. The molecule has 0 amide bonds. The maximum Gasteiger partial charge on any atom is 0.228 e. The fourth-order valence-corrected chi connectivity index (χ4v) is 3.20. The van der Waals surface area contributed by atoms with Crippen LogP contribution in [0.2, 0.25) is 0 Å². The Kier molecular flexibility index (Phi) is 3.90. The van der Waals surface area contributed by atoms with Gasteiger partial charge in [-0.15, -0.1) is 0 Å². The van der Waals surface area contributed by atoms with Gasteiger partial charge in [0.2, 0.25) is 5.78 Å². The third-order valence-corrected chi connectivity index (χ3v) is 4.50. The van der Waals surface area contributed by atoms with Crippen LogP contribution in [0.25, 0.3) is 11.0 Å². The number of hydrogen-bond acceptors (Lipinski definition) is 2. The normalized spacial score (nSPS) is 12.2. The second kappa shape index (κ2) is 6.36. The molecule has 1 heterocycles. The van der Waals surface area contributed by atoms with E-state index in [9.17, 15) is 4.79 Å². The Morgan fingerprint density at radius 2 is 1.44 bits per heavy atom. The van der Waals surface area contributed by atoms with E-state index >= 15 is 0 Å². The van der Waals surface area contributed by atoms with Crippen molar-refractivity contribution in [2.75, 3.05) is 0 Å². The van der Waals surface area contributed by atoms with Crippen molar-refractivity contribution in [3.05, 3.63) is 102 Å². The monoisotopic (exact) mass is 326 g/mol. The van der Waals surface area contributed by atoms with Gasteiger partial charge in [0, 0.05) is 5.56 Å². The van der Waals surface area contributed by atoms with Crippen molar-refractivity contribution in [1.82, 2.24) is 9.55 Å². The Hall–Kier alpha value is -3.20. The fraction of sp³-hybridized carbons (Fsp3) is 0.0909.